The second-order valence-corrected chi connectivity index (χ2v) is 6.04. The van der Waals surface area contributed by atoms with Crippen molar-refractivity contribution in [3.05, 3.63) is 12.7 Å². The highest BCUT2D eigenvalue weighted by molar-refractivity contribution is 4.83. The minimum absolute atomic E-state index is 0.669. The van der Waals surface area contributed by atoms with E-state index in [1.54, 1.807) is 0 Å². The first-order valence-electron chi connectivity index (χ1n) is 7.84. The topological polar surface area (TPSA) is 18.5 Å². The molecular formula is C16H33N3. The fraction of sp³-hybridized carbons (Fsp3) is 0.875. The van der Waals surface area contributed by atoms with Crippen LogP contribution in [0.15, 0.2) is 12.7 Å². The van der Waals surface area contributed by atoms with Gasteiger partial charge in [-0.2, -0.15) is 0 Å². The molecule has 0 amide bonds. The third kappa shape index (κ3) is 6.55. The van der Waals surface area contributed by atoms with Crippen LogP contribution in [-0.2, 0) is 0 Å². The van der Waals surface area contributed by atoms with Gasteiger partial charge in [0, 0.05) is 31.7 Å². The van der Waals surface area contributed by atoms with Gasteiger partial charge in [0.05, 0.1) is 0 Å². The van der Waals surface area contributed by atoms with Crippen LogP contribution in [0.2, 0.25) is 0 Å². The van der Waals surface area contributed by atoms with Gasteiger partial charge in [0.15, 0.2) is 0 Å². The lowest BCUT2D eigenvalue weighted by Crippen LogP contribution is -2.52. The summed E-state index contributed by atoms with van der Waals surface area (Å²) in [6, 6.07) is 1.38. The average molecular weight is 267 g/mol. The second-order valence-electron chi connectivity index (χ2n) is 6.04. The Morgan fingerprint density at radius 1 is 1.26 bits per heavy atom. The molecule has 0 aromatic rings. The van der Waals surface area contributed by atoms with E-state index >= 15 is 0 Å². The number of hydrogen-bond acceptors (Lipinski definition) is 3. The maximum atomic E-state index is 3.78. The third-order valence-corrected chi connectivity index (χ3v) is 4.41. The van der Waals surface area contributed by atoms with Crippen LogP contribution in [0, 0.1) is 0 Å². The van der Waals surface area contributed by atoms with Crippen molar-refractivity contribution in [2.24, 2.45) is 0 Å². The molecule has 3 heteroatoms. The van der Waals surface area contributed by atoms with Gasteiger partial charge >= 0.3 is 0 Å². The predicted molar refractivity (Wildman–Crippen MR) is 84.7 cm³/mol. The lowest BCUT2D eigenvalue weighted by molar-refractivity contribution is 0.101. The largest absolute Gasteiger partial charge is 0.317 e. The molecule has 1 N–H and O–H groups in total. The zero-order valence-corrected chi connectivity index (χ0v) is 13.2. The van der Waals surface area contributed by atoms with Gasteiger partial charge < -0.3 is 15.1 Å². The van der Waals surface area contributed by atoms with E-state index in [0.717, 1.165) is 0 Å². The second kappa shape index (κ2) is 9.51. The van der Waals surface area contributed by atoms with Crippen molar-refractivity contribution >= 4 is 0 Å². The molecule has 19 heavy (non-hydrogen) atoms. The Morgan fingerprint density at radius 3 is 2.74 bits per heavy atom. The molecule has 112 valence electrons. The van der Waals surface area contributed by atoms with Crippen molar-refractivity contribution < 1.29 is 0 Å². The number of piperazine rings is 1. The number of likely N-dealkylation sites (N-methyl/N-ethyl adjacent to an activating group) is 2. The fourth-order valence-electron chi connectivity index (χ4n) is 2.92. The highest BCUT2D eigenvalue weighted by atomic mass is 15.3. The van der Waals surface area contributed by atoms with E-state index in [1.807, 2.05) is 6.08 Å². The van der Waals surface area contributed by atoms with E-state index in [2.05, 4.69) is 42.8 Å². The van der Waals surface area contributed by atoms with Crippen LogP contribution in [-0.4, -0.2) is 62.7 Å². The highest BCUT2D eigenvalue weighted by Gasteiger charge is 2.24. The molecule has 1 fully saturated rings. The molecule has 0 aliphatic carbocycles. The summed E-state index contributed by atoms with van der Waals surface area (Å²) in [7, 11) is 6.62. The Kier molecular flexibility index (Phi) is 8.35. The summed E-state index contributed by atoms with van der Waals surface area (Å²) in [5.41, 5.74) is 0. The van der Waals surface area contributed by atoms with Gasteiger partial charge in [-0.05, 0) is 46.8 Å². The van der Waals surface area contributed by atoms with Crippen molar-refractivity contribution in [3.8, 4) is 0 Å². The van der Waals surface area contributed by atoms with Crippen LogP contribution in [0.3, 0.4) is 0 Å². The SMILES string of the molecule is C=CCCCCCC(CC1CN(C)CCN1C)NC. The van der Waals surface area contributed by atoms with Crippen LogP contribution in [0.1, 0.15) is 38.5 Å². The maximum absolute atomic E-state index is 3.78. The number of nitrogens with zero attached hydrogens (tertiary/aromatic N) is 2. The first-order valence-corrected chi connectivity index (χ1v) is 7.84. The number of unbranched alkanes of at least 4 members (excludes halogenated alkanes) is 3. The molecule has 1 aliphatic rings. The Balaban J connectivity index is 2.24. The summed E-state index contributed by atoms with van der Waals surface area (Å²) >= 11 is 0. The van der Waals surface area contributed by atoms with Gasteiger partial charge in [0.2, 0.25) is 0 Å². The molecular weight excluding hydrogens is 234 g/mol. The van der Waals surface area contributed by atoms with E-state index in [-0.39, 0.29) is 0 Å². The van der Waals surface area contributed by atoms with Crippen LogP contribution in [0.25, 0.3) is 0 Å². The predicted octanol–water partition coefficient (Wildman–Crippen LogP) is 2.35. The molecule has 1 aliphatic heterocycles. The van der Waals surface area contributed by atoms with Crippen molar-refractivity contribution in [2.45, 2.75) is 50.6 Å². The van der Waals surface area contributed by atoms with Crippen LogP contribution >= 0.6 is 0 Å². The zero-order valence-electron chi connectivity index (χ0n) is 13.2. The summed E-state index contributed by atoms with van der Waals surface area (Å²) in [5, 5.41) is 3.51. The van der Waals surface area contributed by atoms with Gasteiger partial charge in [-0.15, -0.1) is 6.58 Å². The van der Waals surface area contributed by atoms with Crippen molar-refractivity contribution in [3.63, 3.8) is 0 Å². The Labute approximate surface area is 120 Å². The van der Waals surface area contributed by atoms with Gasteiger partial charge in [-0.1, -0.05) is 18.9 Å². The Morgan fingerprint density at radius 2 is 2.05 bits per heavy atom. The van der Waals surface area contributed by atoms with E-state index in [9.17, 15) is 0 Å². The van der Waals surface area contributed by atoms with E-state index in [1.165, 1.54) is 58.2 Å². The number of hydrogen-bond donors (Lipinski definition) is 1. The first kappa shape index (κ1) is 16.7. The lowest BCUT2D eigenvalue weighted by Gasteiger charge is -2.39. The minimum Gasteiger partial charge on any atom is -0.317 e. The summed E-state index contributed by atoms with van der Waals surface area (Å²) in [6.07, 6.45) is 9.76. The van der Waals surface area contributed by atoms with Crippen molar-refractivity contribution in [2.75, 3.05) is 40.8 Å². The molecule has 0 bridgehead atoms. The van der Waals surface area contributed by atoms with E-state index in [0.29, 0.717) is 12.1 Å². The van der Waals surface area contributed by atoms with E-state index < -0.39 is 0 Å². The van der Waals surface area contributed by atoms with E-state index in [4.69, 9.17) is 0 Å². The van der Waals surface area contributed by atoms with Crippen molar-refractivity contribution in [1.82, 2.24) is 15.1 Å². The standard InChI is InChI=1S/C16H33N3/c1-5-6-7-8-9-10-15(17-2)13-16-14-18(3)11-12-19(16)4/h5,15-17H,1,6-14H2,2-4H3. The highest BCUT2D eigenvalue weighted by Crippen LogP contribution is 2.15. The fourth-order valence-corrected chi connectivity index (χ4v) is 2.92. The van der Waals surface area contributed by atoms with Crippen molar-refractivity contribution in [1.29, 1.82) is 0 Å². The molecule has 3 nitrogen and oxygen atoms in total. The summed E-state index contributed by atoms with van der Waals surface area (Å²) < 4.78 is 0. The first-order chi connectivity index (χ1) is 9.17. The number of allylic oxidation sites excluding steroid dienone is 1. The Bertz CT molecular complexity index is 242. The molecule has 2 unspecified atom stereocenters. The van der Waals surface area contributed by atoms with Crippen LogP contribution in [0.4, 0.5) is 0 Å². The maximum Gasteiger partial charge on any atom is 0.0235 e. The molecule has 0 saturated carbocycles. The molecule has 1 saturated heterocycles. The number of rotatable bonds is 9. The molecule has 0 aromatic heterocycles. The molecule has 1 heterocycles. The molecule has 0 radical (unpaired) electrons. The summed E-state index contributed by atoms with van der Waals surface area (Å²) in [5.74, 6) is 0. The molecule has 0 aromatic carbocycles. The lowest BCUT2D eigenvalue weighted by atomic mass is 9.98. The summed E-state index contributed by atoms with van der Waals surface area (Å²) in [4.78, 5) is 4.99. The monoisotopic (exact) mass is 267 g/mol. The zero-order chi connectivity index (χ0) is 14.1. The summed E-state index contributed by atoms with van der Waals surface area (Å²) in [6.45, 7) is 7.41. The normalized spacial score (nSPS) is 23.4. The Hall–Kier alpha value is -0.380. The van der Waals surface area contributed by atoms with Gasteiger partial charge in [-0.25, -0.2) is 0 Å². The van der Waals surface area contributed by atoms with Crippen LogP contribution < -0.4 is 5.32 Å². The molecule has 2 atom stereocenters. The molecule has 1 rings (SSSR count). The van der Waals surface area contributed by atoms with Crippen LogP contribution in [0.5, 0.6) is 0 Å². The average Bonchev–Trinajstić information content (AvgIpc) is 2.41. The smallest absolute Gasteiger partial charge is 0.0235 e. The van der Waals surface area contributed by atoms with Gasteiger partial charge in [0.25, 0.3) is 0 Å². The van der Waals surface area contributed by atoms with Gasteiger partial charge in [-0.3, -0.25) is 0 Å². The third-order valence-electron chi connectivity index (χ3n) is 4.41. The quantitative estimate of drug-likeness (QED) is 0.511. The molecule has 0 spiro atoms. The van der Waals surface area contributed by atoms with Gasteiger partial charge in [0.1, 0.15) is 0 Å². The number of nitrogens with one attached hydrogen (secondary N) is 1. The minimum atomic E-state index is 0.669.